The second kappa shape index (κ2) is 8.28. The van der Waals surface area contributed by atoms with Crippen molar-refractivity contribution in [3.05, 3.63) is 35.9 Å². The van der Waals surface area contributed by atoms with E-state index in [1.165, 1.54) is 11.8 Å². The molecule has 1 aliphatic heterocycles. The molecule has 1 atom stereocenters. The number of rotatable bonds is 7. The van der Waals surface area contributed by atoms with Crippen molar-refractivity contribution in [3.8, 4) is 0 Å². The first kappa shape index (κ1) is 17.7. The Balaban J connectivity index is 2.03. The Labute approximate surface area is 144 Å². The molecule has 0 aromatic heterocycles. The Hall–Kier alpha value is -1.64. The zero-order valence-electron chi connectivity index (χ0n) is 12.4. The van der Waals surface area contributed by atoms with Crippen LogP contribution in [0.25, 0.3) is 0 Å². The summed E-state index contributed by atoms with van der Waals surface area (Å²) in [4.78, 5) is 25.9. The summed E-state index contributed by atoms with van der Waals surface area (Å²) in [5, 5.41) is 18.2. The van der Waals surface area contributed by atoms with Crippen molar-refractivity contribution in [1.29, 1.82) is 0 Å². The second-order valence-electron chi connectivity index (χ2n) is 5.24. The van der Waals surface area contributed by atoms with Gasteiger partial charge in [-0.3, -0.25) is 14.5 Å². The van der Waals surface area contributed by atoms with Gasteiger partial charge in [-0.2, -0.15) is 0 Å². The van der Waals surface area contributed by atoms with E-state index in [0.29, 0.717) is 19.1 Å². The van der Waals surface area contributed by atoms with Gasteiger partial charge in [0.1, 0.15) is 10.4 Å². The van der Waals surface area contributed by atoms with Crippen LogP contribution in [0.4, 0.5) is 0 Å². The molecule has 124 valence electrons. The molecule has 1 fully saturated rings. The van der Waals surface area contributed by atoms with Gasteiger partial charge in [0.15, 0.2) is 0 Å². The van der Waals surface area contributed by atoms with Crippen molar-refractivity contribution in [2.45, 2.75) is 25.4 Å². The van der Waals surface area contributed by atoms with Crippen LogP contribution in [-0.4, -0.2) is 54.9 Å². The van der Waals surface area contributed by atoms with Crippen molar-refractivity contribution >= 4 is 40.2 Å². The molecule has 2 N–H and O–H groups in total. The third-order valence-electron chi connectivity index (χ3n) is 3.54. The van der Waals surface area contributed by atoms with Crippen LogP contribution in [-0.2, 0) is 16.1 Å². The van der Waals surface area contributed by atoms with Crippen molar-refractivity contribution in [2.24, 2.45) is 0 Å². The van der Waals surface area contributed by atoms with Gasteiger partial charge in [-0.1, -0.05) is 54.3 Å². The Kier molecular flexibility index (Phi) is 6.37. The van der Waals surface area contributed by atoms with Crippen LogP contribution in [0.5, 0.6) is 0 Å². The summed E-state index contributed by atoms with van der Waals surface area (Å²) in [6, 6.07) is 8.99. The normalized spacial score (nSPS) is 17.0. The van der Waals surface area contributed by atoms with Gasteiger partial charge in [-0.25, -0.2) is 0 Å². The van der Waals surface area contributed by atoms with Crippen LogP contribution >= 0.6 is 24.0 Å². The lowest BCUT2D eigenvalue weighted by atomic mass is 10.1. The first-order valence-electron chi connectivity index (χ1n) is 7.11. The summed E-state index contributed by atoms with van der Waals surface area (Å²) in [6.07, 6.45) is -0.0849. The van der Waals surface area contributed by atoms with E-state index in [0.717, 1.165) is 9.88 Å². The fraction of sp³-hybridized carbons (Fsp3) is 0.400. The third kappa shape index (κ3) is 5.19. The summed E-state index contributed by atoms with van der Waals surface area (Å²) in [7, 11) is 0. The van der Waals surface area contributed by atoms with E-state index in [9.17, 15) is 14.7 Å². The molecule has 0 aliphatic carbocycles. The topological polar surface area (TPSA) is 81.1 Å². The first-order chi connectivity index (χ1) is 11.0. The molecule has 1 saturated heterocycles. The lowest BCUT2D eigenvalue weighted by molar-refractivity contribution is -0.144. The third-order valence-corrected chi connectivity index (χ3v) is 5.12. The van der Waals surface area contributed by atoms with Crippen molar-refractivity contribution in [1.82, 2.24) is 9.80 Å². The monoisotopic (exact) mass is 354 g/mol. The number of thioether (sulfide) groups is 1. The van der Waals surface area contributed by atoms with E-state index < -0.39 is 18.0 Å². The van der Waals surface area contributed by atoms with Crippen LogP contribution < -0.4 is 0 Å². The number of carboxylic acids is 2. The number of aliphatic carboxylic acids is 2. The van der Waals surface area contributed by atoms with Gasteiger partial charge in [0.2, 0.25) is 0 Å². The van der Waals surface area contributed by atoms with Gasteiger partial charge >= 0.3 is 11.9 Å². The Morgan fingerprint density at radius 1 is 1.26 bits per heavy atom. The fourth-order valence-electron chi connectivity index (χ4n) is 2.38. The number of thiocarbonyl (C=S) groups is 1. The number of carboxylic acid groups (broad SMARTS) is 2. The highest BCUT2D eigenvalue weighted by molar-refractivity contribution is 8.22. The molecule has 0 bridgehead atoms. The lowest BCUT2D eigenvalue weighted by Gasteiger charge is -2.39. The lowest BCUT2D eigenvalue weighted by Crippen LogP contribution is -2.51. The maximum absolute atomic E-state index is 11.5. The predicted molar refractivity (Wildman–Crippen MR) is 92.0 cm³/mol. The van der Waals surface area contributed by atoms with Gasteiger partial charge < -0.3 is 15.1 Å². The van der Waals surface area contributed by atoms with Gasteiger partial charge in [-0.05, 0) is 12.0 Å². The summed E-state index contributed by atoms with van der Waals surface area (Å²) in [5.41, 5.74) is 1.09. The van der Waals surface area contributed by atoms with Crippen LogP contribution in [0.15, 0.2) is 30.3 Å². The molecule has 6 nitrogen and oxygen atoms in total. The molecule has 1 heterocycles. The molecule has 1 aliphatic rings. The average molecular weight is 354 g/mol. The van der Waals surface area contributed by atoms with Crippen LogP contribution in [0, 0.1) is 0 Å². The van der Waals surface area contributed by atoms with Crippen molar-refractivity contribution in [2.75, 3.05) is 12.5 Å². The molecule has 0 spiro atoms. The van der Waals surface area contributed by atoms with E-state index in [4.69, 9.17) is 17.3 Å². The molecule has 0 amide bonds. The largest absolute Gasteiger partial charge is 0.481 e. The summed E-state index contributed by atoms with van der Waals surface area (Å²) in [6.45, 7) is 0.992. The average Bonchev–Trinajstić information content (AvgIpc) is 2.51. The number of hydrogen-bond donors (Lipinski definition) is 2. The van der Waals surface area contributed by atoms with E-state index in [1.807, 2.05) is 35.2 Å². The van der Waals surface area contributed by atoms with E-state index in [-0.39, 0.29) is 12.8 Å². The maximum Gasteiger partial charge on any atom is 0.321 e. The van der Waals surface area contributed by atoms with E-state index in [2.05, 4.69) is 0 Å². The number of benzene rings is 1. The quantitative estimate of drug-likeness (QED) is 0.720. The molecule has 8 heteroatoms. The molecular weight excluding hydrogens is 336 g/mol. The molecule has 0 radical (unpaired) electrons. The Morgan fingerprint density at radius 2 is 1.96 bits per heavy atom. The number of hydrogen-bond acceptors (Lipinski definition) is 5. The van der Waals surface area contributed by atoms with Crippen molar-refractivity contribution in [3.63, 3.8) is 0 Å². The SMILES string of the molecule is O=C(O)CCC(C(=O)O)N1CSC(=S)N(Cc2ccccc2)C1. The van der Waals surface area contributed by atoms with Crippen LogP contribution in [0.3, 0.4) is 0 Å². The number of carbonyl (C=O) groups is 2. The minimum Gasteiger partial charge on any atom is -0.481 e. The smallest absolute Gasteiger partial charge is 0.321 e. The number of nitrogens with zero attached hydrogens (tertiary/aromatic N) is 2. The fourth-order valence-corrected chi connectivity index (χ4v) is 3.50. The molecule has 23 heavy (non-hydrogen) atoms. The zero-order valence-corrected chi connectivity index (χ0v) is 14.1. The van der Waals surface area contributed by atoms with E-state index >= 15 is 0 Å². The Morgan fingerprint density at radius 3 is 2.57 bits per heavy atom. The molecule has 1 aromatic carbocycles. The van der Waals surface area contributed by atoms with Gasteiger partial charge in [0, 0.05) is 13.0 Å². The molecule has 0 saturated carbocycles. The molecule has 2 rings (SSSR count). The zero-order chi connectivity index (χ0) is 16.8. The molecule has 1 unspecified atom stereocenters. The highest BCUT2D eigenvalue weighted by atomic mass is 32.2. The second-order valence-corrected chi connectivity index (χ2v) is 6.82. The predicted octanol–water partition coefficient (Wildman–Crippen LogP) is 2.06. The summed E-state index contributed by atoms with van der Waals surface area (Å²) in [5.74, 6) is -1.53. The van der Waals surface area contributed by atoms with Crippen LogP contribution in [0.2, 0.25) is 0 Å². The Bertz CT molecular complexity index is 582. The standard InChI is InChI=1S/C15H18N2O4S2/c18-13(19)7-6-12(14(20)21)17-9-16(15(22)23-10-17)8-11-4-2-1-3-5-11/h1-5,12H,6-10H2,(H,18,19)(H,20,21). The van der Waals surface area contributed by atoms with Crippen molar-refractivity contribution < 1.29 is 19.8 Å². The summed E-state index contributed by atoms with van der Waals surface area (Å²) < 4.78 is 0.729. The maximum atomic E-state index is 11.5. The molecule has 1 aromatic rings. The first-order valence-corrected chi connectivity index (χ1v) is 8.51. The van der Waals surface area contributed by atoms with E-state index in [1.54, 1.807) is 4.90 Å². The van der Waals surface area contributed by atoms with Gasteiger partial charge in [0.25, 0.3) is 0 Å². The van der Waals surface area contributed by atoms with Gasteiger partial charge in [-0.15, -0.1) is 0 Å². The van der Waals surface area contributed by atoms with Gasteiger partial charge in [0.05, 0.1) is 12.5 Å². The highest BCUT2D eigenvalue weighted by Gasteiger charge is 2.31. The molecular formula is C15H18N2O4S2. The minimum absolute atomic E-state index is 0.0805. The highest BCUT2D eigenvalue weighted by Crippen LogP contribution is 2.24. The minimum atomic E-state index is -1.00. The van der Waals surface area contributed by atoms with Crippen LogP contribution in [0.1, 0.15) is 18.4 Å². The summed E-state index contributed by atoms with van der Waals surface area (Å²) >= 11 is 6.76.